The third-order valence-corrected chi connectivity index (χ3v) is 5.54. The highest BCUT2D eigenvalue weighted by Gasteiger charge is 2.17. The number of thiazole rings is 1. The van der Waals surface area contributed by atoms with Crippen LogP contribution in [0.1, 0.15) is 21.1 Å². The quantitative estimate of drug-likeness (QED) is 0.779. The zero-order valence-corrected chi connectivity index (χ0v) is 14.1. The number of hydrogen-bond acceptors (Lipinski definition) is 6. The number of rotatable bonds is 5. The highest BCUT2D eigenvalue weighted by molar-refractivity contribution is 7.89. The van der Waals surface area contributed by atoms with E-state index in [1.54, 1.807) is 0 Å². The Morgan fingerprint density at radius 3 is 2.41 bits per heavy atom. The van der Waals surface area contributed by atoms with Crippen molar-refractivity contribution >= 4 is 27.3 Å². The zero-order valence-electron chi connectivity index (χ0n) is 12.4. The van der Waals surface area contributed by atoms with Gasteiger partial charge in [-0.05, 0) is 31.2 Å². The average molecular weight is 340 g/mol. The predicted molar refractivity (Wildman–Crippen MR) is 83.3 cm³/mol. The van der Waals surface area contributed by atoms with E-state index in [9.17, 15) is 13.2 Å². The van der Waals surface area contributed by atoms with Gasteiger partial charge >= 0.3 is 5.97 Å². The van der Waals surface area contributed by atoms with E-state index < -0.39 is 16.0 Å². The first-order valence-corrected chi connectivity index (χ1v) is 8.73. The Balaban J connectivity index is 2.05. The van der Waals surface area contributed by atoms with Gasteiger partial charge in [0.05, 0.1) is 21.2 Å². The Morgan fingerprint density at radius 2 is 1.91 bits per heavy atom. The van der Waals surface area contributed by atoms with E-state index in [0.717, 1.165) is 9.31 Å². The van der Waals surface area contributed by atoms with Gasteiger partial charge in [0.1, 0.15) is 6.61 Å². The molecule has 0 aliphatic rings. The fraction of sp³-hybridized carbons (Fsp3) is 0.286. The van der Waals surface area contributed by atoms with Crippen LogP contribution in [0.5, 0.6) is 0 Å². The van der Waals surface area contributed by atoms with E-state index in [-0.39, 0.29) is 11.5 Å². The van der Waals surface area contributed by atoms with Crippen LogP contribution in [0.25, 0.3) is 0 Å². The minimum Gasteiger partial charge on any atom is -0.456 e. The first-order valence-electron chi connectivity index (χ1n) is 6.41. The number of hydrogen-bond donors (Lipinski definition) is 0. The molecule has 0 N–H and O–H groups in total. The Bertz CT molecular complexity index is 764. The number of carbonyl (C=O) groups is 1. The van der Waals surface area contributed by atoms with Crippen LogP contribution in [-0.2, 0) is 21.4 Å². The van der Waals surface area contributed by atoms with Crippen LogP contribution in [0, 0.1) is 6.92 Å². The predicted octanol–water partition coefficient (Wildman–Crippen LogP) is 2.06. The van der Waals surface area contributed by atoms with Crippen molar-refractivity contribution in [3.63, 3.8) is 0 Å². The van der Waals surface area contributed by atoms with Gasteiger partial charge in [-0.2, -0.15) is 0 Å². The number of ether oxygens (including phenoxy) is 1. The van der Waals surface area contributed by atoms with Crippen LogP contribution in [0.15, 0.2) is 34.5 Å². The van der Waals surface area contributed by atoms with E-state index >= 15 is 0 Å². The summed E-state index contributed by atoms with van der Waals surface area (Å²) in [7, 11) is -0.596. The lowest BCUT2D eigenvalue weighted by Gasteiger charge is -2.11. The molecule has 0 amide bonds. The van der Waals surface area contributed by atoms with Crippen LogP contribution < -0.4 is 0 Å². The molecular weight excluding hydrogens is 324 g/mol. The van der Waals surface area contributed by atoms with Crippen molar-refractivity contribution in [1.82, 2.24) is 9.29 Å². The van der Waals surface area contributed by atoms with Gasteiger partial charge in [-0.25, -0.2) is 22.5 Å². The number of esters is 1. The van der Waals surface area contributed by atoms with Crippen LogP contribution in [-0.4, -0.2) is 37.8 Å². The molecule has 8 heteroatoms. The summed E-state index contributed by atoms with van der Waals surface area (Å²) in [6.07, 6.45) is 0. The van der Waals surface area contributed by atoms with Crippen molar-refractivity contribution in [3.05, 3.63) is 45.9 Å². The lowest BCUT2D eigenvalue weighted by molar-refractivity contribution is 0.0468. The minimum atomic E-state index is -3.50. The number of aryl methyl sites for hydroxylation is 1. The average Bonchev–Trinajstić information content (AvgIpc) is 2.90. The molecule has 0 saturated heterocycles. The summed E-state index contributed by atoms with van der Waals surface area (Å²) >= 11 is 1.49. The fourth-order valence-corrected chi connectivity index (χ4v) is 3.17. The first kappa shape index (κ1) is 16.6. The third-order valence-electron chi connectivity index (χ3n) is 2.89. The maximum absolute atomic E-state index is 11.9. The maximum atomic E-state index is 11.9. The van der Waals surface area contributed by atoms with Crippen molar-refractivity contribution in [2.24, 2.45) is 0 Å². The van der Waals surface area contributed by atoms with Crippen LogP contribution in [0.3, 0.4) is 0 Å². The lowest BCUT2D eigenvalue weighted by atomic mass is 10.2. The summed E-state index contributed by atoms with van der Waals surface area (Å²) in [5.41, 5.74) is 0.993. The molecule has 0 bridgehead atoms. The fourth-order valence-electron chi connectivity index (χ4n) is 1.67. The number of carbonyl (C=O) groups excluding carboxylic acids is 1. The molecule has 6 nitrogen and oxygen atoms in total. The molecule has 0 atom stereocenters. The van der Waals surface area contributed by atoms with Crippen molar-refractivity contribution in [2.75, 3.05) is 14.1 Å². The number of nitrogens with zero attached hydrogens (tertiary/aromatic N) is 2. The maximum Gasteiger partial charge on any atom is 0.338 e. The topological polar surface area (TPSA) is 76.6 Å². The minimum absolute atomic E-state index is 0.0981. The van der Waals surface area contributed by atoms with Gasteiger partial charge in [0.15, 0.2) is 0 Å². The van der Waals surface area contributed by atoms with Gasteiger partial charge in [0.25, 0.3) is 0 Å². The Kier molecular flexibility index (Phi) is 4.94. The molecule has 1 aromatic heterocycles. The van der Waals surface area contributed by atoms with Gasteiger partial charge < -0.3 is 4.74 Å². The Labute approximate surface area is 133 Å². The molecule has 22 heavy (non-hydrogen) atoms. The Hall–Kier alpha value is -1.77. The van der Waals surface area contributed by atoms with Gasteiger partial charge in [-0.15, -0.1) is 11.3 Å². The SMILES string of the molecule is Cc1nc(COC(=O)c2ccc(S(=O)(=O)N(C)C)cc2)cs1. The summed E-state index contributed by atoms with van der Waals surface area (Å²) in [4.78, 5) is 16.2. The largest absolute Gasteiger partial charge is 0.456 e. The van der Waals surface area contributed by atoms with Gasteiger partial charge in [-0.1, -0.05) is 0 Å². The summed E-state index contributed by atoms with van der Waals surface area (Å²) in [5.74, 6) is -0.514. The van der Waals surface area contributed by atoms with Crippen molar-refractivity contribution in [2.45, 2.75) is 18.4 Å². The smallest absolute Gasteiger partial charge is 0.338 e. The van der Waals surface area contributed by atoms with E-state index in [4.69, 9.17) is 4.74 Å². The third kappa shape index (κ3) is 3.70. The zero-order chi connectivity index (χ0) is 16.3. The van der Waals surface area contributed by atoms with Crippen molar-refractivity contribution < 1.29 is 17.9 Å². The van der Waals surface area contributed by atoms with Crippen molar-refractivity contribution in [3.8, 4) is 0 Å². The molecule has 0 aliphatic carbocycles. The normalized spacial score (nSPS) is 11.6. The number of benzene rings is 1. The molecule has 1 heterocycles. The molecule has 0 radical (unpaired) electrons. The van der Waals surface area contributed by atoms with E-state index in [1.807, 2.05) is 12.3 Å². The Morgan fingerprint density at radius 1 is 1.27 bits per heavy atom. The second-order valence-electron chi connectivity index (χ2n) is 4.75. The van der Waals surface area contributed by atoms with Crippen LogP contribution in [0.4, 0.5) is 0 Å². The summed E-state index contributed by atoms with van der Waals surface area (Å²) in [5, 5.41) is 2.74. The van der Waals surface area contributed by atoms with Gasteiger partial charge in [-0.3, -0.25) is 0 Å². The standard InChI is InChI=1S/C14H16N2O4S2/c1-10-15-12(9-21-10)8-20-14(17)11-4-6-13(7-5-11)22(18,19)16(2)3/h4-7,9H,8H2,1-3H3. The number of sulfonamides is 1. The molecule has 2 aromatic rings. The molecule has 2 rings (SSSR count). The second-order valence-corrected chi connectivity index (χ2v) is 7.96. The molecular formula is C14H16N2O4S2. The highest BCUT2D eigenvalue weighted by atomic mass is 32.2. The summed E-state index contributed by atoms with van der Waals surface area (Å²) < 4.78 is 30.1. The van der Waals surface area contributed by atoms with Crippen molar-refractivity contribution in [1.29, 1.82) is 0 Å². The molecule has 118 valence electrons. The molecule has 0 fully saturated rings. The van der Waals surface area contributed by atoms with E-state index in [1.165, 1.54) is 49.7 Å². The first-order chi connectivity index (χ1) is 10.3. The second kappa shape index (κ2) is 6.55. The molecule has 1 aromatic carbocycles. The lowest BCUT2D eigenvalue weighted by Crippen LogP contribution is -2.22. The molecule has 0 aliphatic heterocycles. The van der Waals surface area contributed by atoms with Gasteiger partial charge in [0.2, 0.25) is 10.0 Å². The van der Waals surface area contributed by atoms with E-state index in [2.05, 4.69) is 4.98 Å². The monoisotopic (exact) mass is 340 g/mol. The highest BCUT2D eigenvalue weighted by Crippen LogP contribution is 2.15. The molecule has 0 unspecified atom stereocenters. The van der Waals surface area contributed by atoms with Crippen LogP contribution >= 0.6 is 11.3 Å². The van der Waals surface area contributed by atoms with Crippen LogP contribution in [0.2, 0.25) is 0 Å². The summed E-state index contributed by atoms with van der Waals surface area (Å²) in [6, 6.07) is 5.65. The van der Waals surface area contributed by atoms with Gasteiger partial charge in [0, 0.05) is 19.5 Å². The summed E-state index contributed by atoms with van der Waals surface area (Å²) in [6.45, 7) is 1.97. The molecule has 0 saturated carbocycles. The molecule has 0 spiro atoms. The number of aromatic nitrogens is 1. The van der Waals surface area contributed by atoms with E-state index in [0.29, 0.717) is 11.3 Å².